The Labute approximate surface area is 193 Å². The van der Waals surface area contributed by atoms with Gasteiger partial charge >= 0.3 is 0 Å². The number of H-pyrrole nitrogens is 1. The van der Waals surface area contributed by atoms with Crippen LogP contribution in [0.25, 0.3) is 11.4 Å². The first kappa shape index (κ1) is 22.0. The van der Waals surface area contributed by atoms with Crippen LogP contribution in [0.2, 0.25) is 0 Å². The van der Waals surface area contributed by atoms with Crippen molar-refractivity contribution < 1.29 is 14.3 Å². The minimum atomic E-state index is -0.701. The molecule has 1 saturated heterocycles. The molecule has 1 atom stereocenters. The number of carbonyl (C=O) groups is 2. The van der Waals surface area contributed by atoms with Crippen molar-refractivity contribution in [2.75, 3.05) is 24.7 Å². The zero-order valence-corrected chi connectivity index (χ0v) is 20.0. The standard InChI is InChI=1S/C21H24BrN5O3S/c1-12-10-13(4-5-14(12)27-8-9-30-11-17(27)28)18-23-20(26-25-18)21(2,3)24-19(29)15-6-7-16(22)31-15/h4-5,7,10,15H,6,8-9,11H2,1-3H3,(H,24,29)(H,23,25,26). The highest BCUT2D eigenvalue weighted by Crippen LogP contribution is 2.36. The summed E-state index contributed by atoms with van der Waals surface area (Å²) in [5, 5.41) is 10.2. The van der Waals surface area contributed by atoms with Crippen molar-refractivity contribution in [3.05, 3.63) is 39.5 Å². The normalized spacial score (nSPS) is 19.5. The third-order valence-corrected chi connectivity index (χ3v) is 7.25. The van der Waals surface area contributed by atoms with Gasteiger partial charge in [-0.15, -0.1) is 11.8 Å². The SMILES string of the molecule is Cc1cc(-c2n[nH]c(C(C)(C)NC(=O)C3CC=C(Br)S3)n2)ccc1N1CCOCC1=O. The number of halogens is 1. The second kappa shape index (κ2) is 8.76. The summed E-state index contributed by atoms with van der Waals surface area (Å²) < 4.78 is 6.21. The molecule has 2 amide bonds. The second-order valence-corrected chi connectivity index (χ2v) is 10.7. The van der Waals surface area contributed by atoms with Crippen molar-refractivity contribution >= 4 is 45.2 Å². The van der Waals surface area contributed by atoms with E-state index in [9.17, 15) is 9.59 Å². The molecular formula is C21H24BrN5O3S. The van der Waals surface area contributed by atoms with E-state index in [0.717, 1.165) is 20.6 Å². The second-order valence-electron chi connectivity index (χ2n) is 8.07. The summed E-state index contributed by atoms with van der Waals surface area (Å²) in [6, 6.07) is 5.79. The Morgan fingerprint density at radius 3 is 2.90 bits per heavy atom. The molecule has 1 fully saturated rings. The van der Waals surface area contributed by atoms with Gasteiger partial charge in [-0.25, -0.2) is 4.98 Å². The lowest BCUT2D eigenvalue weighted by atomic mass is 10.0. The third-order valence-electron chi connectivity index (χ3n) is 5.28. The Balaban J connectivity index is 1.49. The van der Waals surface area contributed by atoms with Gasteiger partial charge in [0.1, 0.15) is 12.4 Å². The summed E-state index contributed by atoms with van der Waals surface area (Å²) in [7, 11) is 0. The smallest absolute Gasteiger partial charge is 0.253 e. The summed E-state index contributed by atoms with van der Waals surface area (Å²) in [5.74, 6) is 1.05. The molecule has 0 spiro atoms. The van der Waals surface area contributed by atoms with Crippen LogP contribution in [0.3, 0.4) is 0 Å². The molecule has 3 heterocycles. The summed E-state index contributed by atoms with van der Waals surface area (Å²) in [6.07, 6.45) is 2.71. The minimum Gasteiger partial charge on any atom is -0.370 e. The van der Waals surface area contributed by atoms with Gasteiger partial charge in [-0.1, -0.05) is 6.08 Å². The van der Waals surface area contributed by atoms with Gasteiger partial charge in [0.2, 0.25) is 5.91 Å². The fraction of sp³-hybridized carbons (Fsp3) is 0.429. The van der Waals surface area contributed by atoms with Gasteiger partial charge in [0, 0.05) is 21.6 Å². The number of ether oxygens (including phenoxy) is 1. The molecule has 0 saturated carbocycles. The highest BCUT2D eigenvalue weighted by atomic mass is 79.9. The Hall–Kier alpha value is -2.17. The predicted octanol–water partition coefficient (Wildman–Crippen LogP) is 3.24. The number of aryl methyl sites for hydroxylation is 1. The Morgan fingerprint density at radius 2 is 2.23 bits per heavy atom. The molecule has 2 N–H and O–H groups in total. The average Bonchev–Trinajstić information content (AvgIpc) is 3.38. The van der Waals surface area contributed by atoms with Crippen LogP contribution in [0.5, 0.6) is 0 Å². The molecule has 2 aliphatic heterocycles. The molecule has 0 aliphatic carbocycles. The van der Waals surface area contributed by atoms with Crippen LogP contribution in [0.1, 0.15) is 31.7 Å². The first-order valence-electron chi connectivity index (χ1n) is 10.0. The number of benzene rings is 1. The van der Waals surface area contributed by atoms with Gasteiger partial charge in [-0.05, 0) is 66.9 Å². The van der Waals surface area contributed by atoms with Crippen molar-refractivity contribution in [1.82, 2.24) is 20.5 Å². The van der Waals surface area contributed by atoms with Crippen molar-refractivity contribution in [2.24, 2.45) is 0 Å². The van der Waals surface area contributed by atoms with Crippen LogP contribution in [-0.2, 0) is 19.9 Å². The highest BCUT2D eigenvalue weighted by Gasteiger charge is 2.32. The maximum atomic E-state index is 12.6. The Bertz CT molecular complexity index is 1050. The van der Waals surface area contributed by atoms with E-state index < -0.39 is 5.54 Å². The lowest BCUT2D eigenvalue weighted by Crippen LogP contribution is -2.45. The van der Waals surface area contributed by atoms with Crippen molar-refractivity contribution in [1.29, 1.82) is 0 Å². The molecule has 2 aliphatic rings. The van der Waals surface area contributed by atoms with Crippen LogP contribution in [-0.4, -0.2) is 52.0 Å². The van der Waals surface area contributed by atoms with Crippen molar-refractivity contribution in [2.45, 2.75) is 38.0 Å². The van der Waals surface area contributed by atoms with Crippen LogP contribution >= 0.6 is 27.7 Å². The van der Waals surface area contributed by atoms with Crippen LogP contribution < -0.4 is 10.2 Å². The number of aromatic nitrogens is 3. The first-order chi connectivity index (χ1) is 14.7. The molecule has 0 bridgehead atoms. The van der Waals surface area contributed by atoms with Crippen molar-refractivity contribution in [3.8, 4) is 11.4 Å². The molecule has 1 aromatic carbocycles. The van der Waals surface area contributed by atoms with Gasteiger partial charge in [-0.2, -0.15) is 5.10 Å². The zero-order chi connectivity index (χ0) is 22.2. The van der Waals surface area contributed by atoms with E-state index in [0.29, 0.717) is 31.2 Å². The number of allylic oxidation sites excluding steroid dienone is 1. The quantitative estimate of drug-likeness (QED) is 0.646. The van der Waals surface area contributed by atoms with E-state index in [1.54, 1.807) is 4.90 Å². The molecule has 4 rings (SSSR count). The van der Waals surface area contributed by atoms with Gasteiger partial charge in [0.05, 0.1) is 17.4 Å². The average molecular weight is 506 g/mol. The van der Waals surface area contributed by atoms with Crippen LogP contribution in [0.15, 0.2) is 28.1 Å². The number of amides is 2. The van der Waals surface area contributed by atoms with Crippen LogP contribution in [0.4, 0.5) is 5.69 Å². The van der Waals surface area contributed by atoms with Crippen molar-refractivity contribution in [3.63, 3.8) is 0 Å². The highest BCUT2D eigenvalue weighted by molar-refractivity contribution is 9.14. The summed E-state index contributed by atoms with van der Waals surface area (Å²) in [5.41, 5.74) is 1.97. The monoisotopic (exact) mass is 505 g/mol. The maximum Gasteiger partial charge on any atom is 0.253 e. The number of aromatic amines is 1. The number of carbonyl (C=O) groups excluding carboxylic acids is 2. The number of hydrogen-bond acceptors (Lipinski definition) is 6. The van der Waals surface area contributed by atoms with E-state index in [2.05, 4.69) is 36.4 Å². The van der Waals surface area contributed by atoms with E-state index in [-0.39, 0.29) is 23.7 Å². The molecule has 31 heavy (non-hydrogen) atoms. The topological polar surface area (TPSA) is 100 Å². The fourth-order valence-electron chi connectivity index (χ4n) is 3.58. The Morgan fingerprint density at radius 1 is 1.42 bits per heavy atom. The summed E-state index contributed by atoms with van der Waals surface area (Å²) in [4.78, 5) is 31.2. The van der Waals surface area contributed by atoms with E-state index in [1.807, 2.05) is 45.0 Å². The molecule has 1 aromatic heterocycles. The predicted molar refractivity (Wildman–Crippen MR) is 124 cm³/mol. The molecular weight excluding hydrogens is 482 g/mol. The Kier molecular flexibility index (Phi) is 6.23. The first-order valence-corrected chi connectivity index (χ1v) is 11.7. The van der Waals surface area contributed by atoms with Gasteiger partial charge in [-0.3, -0.25) is 14.7 Å². The number of nitrogens with zero attached hydrogens (tertiary/aromatic N) is 3. The van der Waals surface area contributed by atoms with Gasteiger partial charge < -0.3 is 15.0 Å². The van der Waals surface area contributed by atoms with E-state index in [1.165, 1.54) is 11.8 Å². The summed E-state index contributed by atoms with van der Waals surface area (Å²) >= 11 is 4.94. The number of hydrogen-bond donors (Lipinski definition) is 2. The summed E-state index contributed by atoms with van der Waals surface area (Å²) in [6.45, 7) is 6.95. The molecule has 10 heteroatoms. The van der Waals surface area contributed by atoms with Crippen LogP contribution in [0, 0.1) is 6.92 Å². The zero-order valence-electron chi connectivity index (χ0n) is 17.6. The van der Waals surface area contributed by atoms with E-state index >= 15 is 0 Å². The largest absolute Gasteiger partial charge is 0.370 e. The van der Waals surface area contributed by atoms with Gasteiger partial charge in [0.15, 0.2) is 5.82 Å². The molecule has 1 unspecified atom stereocenters. The lowest BCUT2D eigenvalue weighted by Gasteiger charge is -2.28. The number of morpholine rings is 1. The minimum absolute atomic E-state index is 0.0333. The molecule has 2 aromatic rings. The fourth-order valence-corrected chi connectivity index (χ4v) is 5.27. The third kappa shape index (κ3) is 4.70. The number of anilines is 1. The number of thioether (sulfide) groups is 1. The molecule has 0 radical (unpaired) electrons. The van der Waals surface area contributed by atoms with E-state index in [4.69, 9.17) is 4.74 Å². The lowest BCUT2D eigenvalue weighted by molar-refractivity contribution is -0.125. The number of rotatable bonds is 5. The molecule has 164 valence electrons. The molecule has 8 nitrogen and oxygen atoms in total. The number of nitrogens with one attached hydrogen (secondary N) is 2. The van der Waals surface area contributed by atoms with Gasteiger partial charge in [0.25, 0.3) is 5.91 Å². The maximum absolute atomic E-state index is 12.6.